The van der Waals surface area contributed by atoms with Gasteiger partial charge < -0.3 is 9.16 Å². The van der Waals surface area contributed by atoms with E-state index in [0.29, 0.717) is 0 Å². The fourth-order valence-corrected chi connectivity index (χ4v) is 5.67. The van der Waals surface area contributed by atoms with E-state index in [4.69, 9.17) is 9.16 Å². The molecule has 3 heteroatoms. The lowest BCUT2D eigenvalue weighted by Crippen LogP contribution is -2.56. The maximum absolute atomic E-state index is 7.23. The van der Waals surface area contributed by atoms with Gasteiger partial charge in [0.25, 0.3) is 0 Å². The Balaban J connectivity index is 2.44. The van der Waals surface area contributed by atoms with E-state index < -0.39 is 19.5 Å². The zero-order chi connectivity index (χ0) is 21.8. The van der Waals surface area contributed by atoms with Crippen LogP contribution in [0.25, 0.3) is 0 Å². The predicted molar refractivity (Wildman–Crippen MR) is 128 cm³/mol. The van der Waals surface area contributed by atoms with Crippen LogP contribution >= 0.6 is 0 Å². The van der Waals surface area contributed by atoms with Crippen LogP contribution in [0.4, 0.5) is 0 Å². The van der Waals surface area contributed by atoms with Gasteiger partial charge in [-0.25, -0.2) is 0 Å². The third-order valence-electron chi connectivity index (χ3n) is 5.29. The van der Waals surface area contributed by atoms with Gasteiger partial charge in [0.1, 0.15) is 11.2 Å². The minimum Gasteiger partial charge on any atom is -0.401 e. The average Bonchev–Trinajstić information content (AvgIpc) is 2.72. The van der Waals surface area contributed by atoms with E-state index in [1.165, 1.54) is 0 Å². The summed E-state index contributed by atoms with van der Waals surface area (Å²) in [4.78, 5) is 0. The van der Waals surface area contributed by atoms with Gasteiger partial charge >= 0.3 is 0 Å². The van der Waals surface area contributed by atoms with E-state index >= 15 is 0 Å². The van der Waals surface area contributed by atoms with Crippen molar-refractivity contribution in [1.29, 1.82) is 0 Å². The highest BCUT2D eigenvalue weighted by atomic mass is 28.4. The van der Waals surface area contributed by atoms with Crippen molar-refractivity contribution in [2.45, 2.75) is 57.7 Å². The minimum absolute atomic E-state index is 0.0206. The second-order valence-corrected chi connectivity index (χ2v) is 13.6. The molecule has 0 aliphatic heterocycles. The van der Waals surface area contributed by atoms with Gasteiger partial charge in [0.2, 0.25) is 0 Å². The summed E-state index contributed by atoms with van der Waals surface area (Å²) in [6.45, 7) is 13.1. The molecule has 0 fully saturated rings. The van der Waals surface area contributed by atoms with Gasteiger partial charge in [-0.15, -0.1) is 0 Å². The molecule has 158 valence electrons. The van der Waals surface area contributed by atoms with Crippen molar-refractivity contribution in [3.63, 3.8) is 0 Å². The first kappa shape index (κ1) is 22.5. The molecule has 1 atom stereocenters. The lowest BCUT2D eigenvalue weighted by molar-refractivity contribution is -0.178. The van der Waals surface area contributed by atoms with Crippen LogP contribution in [0.3, 0.4) is 0 Å². The molecule has 0 heterocycles. The van der Waals surface area contributed by atoms with Crippen LogP contribution in [0.15, 0.2) is 91.0 Å². The van der Waals surface area contributed by atoms with Crippen molar-refractivity contribution in [1.82, 2.24) is 0 Å². The molecule has 0 saturated carbocycles. The van der Waals surface area contributed by atoms with Crippen molar-refractivity contribution in [2.75, 3.05) is 0 Å². The summed E-state index contributed by atoms with van der Waals surface area (Å²) < 4.78 is 14.1. The number of ether oxygens (including phenoxy) is 1. The Bertz CT molecular complexity index is 878. The number of benzene rings is 3. The van der Waals surface area contributed by atoms with Gasteiger partial charge in [0.15, 0.2) is 8.32 Å². The standard InChI is InChI=1S/C27H34O2Si/c1-22(2)28-26(3,23-16-10-7-11-17-23)27(29-30(4,5)6,24-18-12-8-13-19-24)25-20-14-9-15-21-25/h7-22H,1-6H3. The SMILES string of the molecule is CC(C)OC(C)(c1ccccc1)C(O[Si](C)(C)C)(c1ccccc1)c1ccccc1. The third kappa shape index (κ3) is 4.44. The number of rotatable bonds is 8. The molecule has 3 rings (SSSR count). The van der Waals surface area contributed by atoms with Crippen molar-refractivity contribution in [3.05, 3.63) is 108 Å². The van der Waals surface area contributed by atoms with Crippen LogP contribution in [-0.2, 0) is 20.4 Å². The zero-order valence-electron chi connectivity index (χ0n) is 19.1. The van der Waals surface area contributed by atoms with E-state index in [-0.39, 0.29) is 6.10 Å². The van der Waals surface area contributed by atoms with Gasteiger partial charge in [-0.3, -0.25) is 0 Å². The second kappa shape index (κ2) is 8.89. The van der Waals surface area contributed by atoms with E-state index in [2.05, 4.69) is 125 Å². The van der Waals surface area contributed by atoms with Crippen molar-refractivity contribution >= 4 is 8.32 Å². The lowest BCUT2D eigenvalue weighted by Gasteiger charge is -2.52. The molecule has 0 aliphatic rings. The minimum atomic E-state index is -2.03. The summed E-state index contributed by atoms with van der Waals surface area (Å²) in [6, 6.07) is 31.6. The van der Waals surface area contributed by atoms with Gasteiger partial charge in [0.05, 0.1) is 6.10 Å². The van der Waals surface area contributed by atoms with Gasteiger partial charge in [0, 0.05) is 0 Å². The Labute approximate surface area is 183 Å². The maximum Gasteiger partial charge on any atom is 0.185 e. The summed E-state index contributed by atoms with van der Waals surface area (Å²) in [6.07, 6.45) is 0.0206. The number of hydrogen-bond acceptors (Lipinski definition) is 2. The van der Waals surface area contributed by atoms with Crippen LogP contribution in [0.2, 0.25) is 19.6 Å². The van der Waals surface area contributed by atoms with E-state index in [0.717, 1.165) is 16.7 Å². The van der Waals surface area contributed by atoms with Crippen molar-refractivity contribution < 1.29 is 9.16 Å². The highest BCUT2D eigenvalue weighted by Gasteiger charge is 2.56. The maximum atomic E-state index is 7.23. The summed E-state index contributed by atoms with van der Waals surface area (Å²) in [7, 11) is -2.03. The first-order valence-corrected chi connectivity index (χ1v) is 14.1. The molecule has 0 radical (unpaired) electrons. The number of hydrogen-bond donors (Lipinski definition) is 0. The first-order chi connectivity index (χ1) is 14.2. The highest BCUT2D eigenvalue weighted by Crippen LogP contribution is 2.52. The molecule has 1 unspecified atom stereocenters. The van der Waals surface area contributed by atoms with Crippen molar-refractivity contribution in [3.8, 4) is 0 Å². The van der Waals surface area contributed by atoms with Crippen molar-refractivity contribution in [2.24, 2.45) is 0 Å². The Hall–Kier alpha value is -2.20. The zero-order valence-corrected chi connectivity index (χ0v) is 20.1. The molecule has 0 spiro atoms. The molecule has 30 heavy (non-hydrogen) atoms. The van der Waals surface area contributed by atoms with E-state index in [1.807, 2.05) is 6.07 Å². The normalized spacial score (nSPS) is 14.5. The Morgan fingerprint density at radius 3 is 1.33 bits per heavy atom. The second-order valence-electron chi connectivity index (χ2n) is 9.19. The summed E-state index contributed by atoms with van der Waals surface area (Å²) >= 11 is 0. The van der Waals surface area contributed by atoms with Crippen LogP contribution in [0.1, 0.15) is 37.5 Å². The monoisotopic (exact) mass is 418 g/mol. The molecule has 0 aromatic heterocycles. The largest absolute Gasteiger partial charge is 0.401 e. The van der Waals surface area contributed by atoms with Gasteiger partial charge in [-0.05, 0) is 57.1 Å². The summed E-state index contributed by atoms with van der Waals surface area (Å²) in [5.41, 5.74) is 1.76. The Morgan fingerprint density at radius 2 is 1.00 bits per heavy atom. The molecule has 0 N–H and O–H groups in total. The van der Waals surface area contributed by atoms with E-state index in [1.54, 1.807) is 0 Å². The van der Waals surface area contributed by atoms with Crippen LogP contribution in [-0.4, -0.2) is 14.4 Å². The molecule has 3 aromatic rings. The molecular formula is C27H34O2Si. The Morgan fingerprint density at radius 1 is 0.633 bits per heavy atom. The lowest BCUT2D eigenvalue weighted by atomic mass is 9.70. The molecule has 3 aromatic carbocycles. The van der Waals surface area contributed by atoms with Crippen LogP contribution in [0.5, 0.6) is 0 Å². The first-order valence-electron chi connectivity index (χ1n) is 10.7. The van der Waals surface area contributed by atoms with Crippen LogP contribution in [0, 0.1) is 0 Å². The van der Waals surface area contributed by atoms with E-state index in [9.17, 15) is 0 Å². The third-order valence-corrected chi connectivity index (χ3v) is 6.21. The predicted octanol–water partition coefficient (Wildman–Crippen LogP) is 7.12. The molecular weight excluding hydrogens is 384 g/mol. The summed E-state index contributed by atoms with van der Waals surface area (Å²) in [5, 5.41) is 0. The molecule has 0 aliphatic carbocycles. The van der Waals surface area contributed by atoms with Gasteiger partial charge in [-0.2, -0.15) is 0 Å². The van der Waals surface area contributed by atoms with Gasteiger partial charge in [-0.1, -0.05) is 91.0 Å². The quantitative estimate of drug-likeness (QED) is 0.362. The van der Waals surface area contributed by atoms with Crippen LogP contribution < -0.4 is 0 Å². The topological polar surface area (TPSA) is 18.5 Å². The molecule has 2 nitrogen and oxygen atoms in total. The highest BCUT2D eigenvalue weighted by molar-refractivity contribution is 6.69. The molecule has 0 saturated heterocycles. The Kier molecular flexibility index (Phi) is 6.66. The fraction of sp³-hybridized carbons (Fsp3) is 0.333. The summed E-state index contributed by atoms with van der Waals surface area (Å²) in [5.74, 6) is 0. The smallest absolute Gasteiger partial charge is 0.185 e. The molecule has 0 bridgehead atoms. The fourth-order valence-electron chi connectivity index (χ4n) is 4.32. The average molecular weight is 419 g/mol. The molecule has 0 amide bonds.